The lowest BCUT2D eigenvalue weighted by atomic mass is 10.1. The van der Waals surface area contributed by atoms with Gasteiger partial charge in [0.15, 0.2) is 0 Å². The number of rotatable bonds is 2. The van der Waals surface area contributed by atoms with Crippen LogP contribution in [0.15, 0.2) is 18.2 Å². The number of benzene rings is 1. The van der Waals surface area contributed by atoms with Crippen LogP contribution in [0.5, 0.6) is 0 Å². The van der Waals surface area contributed by atoms with E-state index in [0.717, 1.165) is 12.0 Å². The van der Waals surface area contributed by atoms with E-state index in [4.69, 9.17) is 4.74 Å². The lowest BCUT2D eigenvalue weighted by molar-refractivity contribution is -0.120. The molecular weight excluding hydrogens is 299 g/mol. The molecule has 1 aromatic rings. The fourth-order valence-electron chi connectivity index (χ4n) is 2.52. The van der Waals surface area contributed by atoms with Crippen molar-refractivity contribution < 1.29 is 18.7 Å². The molecule has 0 unspecified atom stereocenters. The molecule has 1 aliphatic heterocycles. The van der Waals surface area contributed by atoms with Gasteiger partial charge in [0.05, 0.1) is 0 Å². The number of amides is 2. The Labute approximate surface area is 135 Å². The van der Waals surface area contributed by atoms with Gasteiger partial charge in [-0.05, 0) is 58.2 Å². The van der Waals surface area contributed by atoms with Crippen LogP contribution in [-0.2, 0) is 9.53 Å². The molecule has 5 nitrogen and oxygen atoms in total. The number of ether oxygens (including phenoxy) is 1. The molecule has 2 amide bonds. The molecule has 126 valence electrons. The number of likely N-dealkylation sites (tertiary alicyclic amines) is 1. The number of carbonyl (C=O) groups excluding carboxylic acids is 2. The summed E-state index contributed by atoms with van der Waals surface area (Å²) in [6.45, 7) is 7.62. The molecule has 1 aromatic carbocycles. The average molecular weight is 322 g/mol. The van der Waals surface area contributed by atoms with Crippen molar-refractivity contribution in [1.29, 1.82) is 0 Å². The first-order valence-electron chi connectivity index (χ1n) is 7.74. The standard InChI is InChI=1S/C17H23FN2O3/c1-11-7-8-12(18)10-13(11)19-15(21)14-6-5-9-20(14)16(22)23-17(2,3)4/h7-8,10,14H,5-6,9H2,1-4H3,(H,19,21)/t14-/m1/s1. The first kappa shape index (κ1) is 17.2. The lowest BCUT2D eigenvalue weighted by Crippen LogP contribution is -2.45. The van der Waals surface area contributed by atoms with Gasteiger partial charge in [-0.3, -0.25) is 9.69 Å². The highest BCUT2D eigenvalue weighted by Gasteiger charge is 2.36. The largest absolute Gasteiger partial charge is 0.444 e. The Morgan fingerprint density at radius 1 is 1.35 bits per heavy atom. The molecule has 23 heavy (non-hydrogen) atoms. The van der Waals surface area contributed by atoms with Crippen molar-refractivity contribution in [3.8, 4) is 0 Å². The van der Waals surface area contributed by atoms with Gasteiger partial charge in [-0.15, -0.1) is 0 Å². The molecule has 0 aliphatic carbocycles. The Kier molecular flexibility index (Phi) is 4.92. The van der Waals surface area contributed by atoms with E-state index in [1.54, 1.807) is 33.8 Å². The molecule has 0 aromatic heterocycles. The van der Waals surface area contributed by atoms with E-state index in [-0.39, 0.29) is 5.91 Å². The SMILES string of the molecule is Cc1ccc(F)cc1NC(=O)[C@H]1CCCN1C(=O)OC(C)(C)C. The third-order valence-corrected chi connectivity index (χ3v) is 3.64. The van der Waals surface area contributed by atoms with Crippen LogP contribution >= 0.6 is 0 Å². The smallest absolute Gasteiger partial charge is 0.410 e. The van der Waals surface area contributed by atoms with Crippen molar-refractivity contribution in [1.82, 2.24) is 4.90 Å². The molecule has 0 spiro atoms. The van der Waals surface area contributed by atoms with Crippen molar-refractivity contribution in [2.75, 3.05) is 11.9 Å². The van der Waals surface area contributed by atoms with Crippen molar-refractivity contribution in [2.24, 2.45) is 0 Å². The Morgan fingerprint density at radius 3 is 2.70 bits per heavy atom. The Balaban J connectivity index is 2.08. The number of nitrogens with one attached hydrogen (secondary N) is 1. The van der Waals surface area contributed by atoms with E-state index in [1.165, 1.54) is 17.0 Å². The van der Waals surface area contributed by atoms with Crippen LogP contribution in [-0.4, -0.2) is 35.1 Å². The second kappa shape index (κ2) is 6.56. The minimum atomic E-state index is -0.611. The number of hydrogen-bond acceptors (Lipinski definition) is 3. The summed E-state index contributed by atoms with van der Waals surface area (Å²) in [5, 5.41) is 2.71. The molecule has 2 rings (SSSR count). The fourth-order valence-corrected chi connectivity index (χ4v) is 2.52. The van der Waals surface area contributed by atoms with Gasteiger partial charge in [-0.1, -0.05) is 6.07 Å². The summed E-state index contributed by atoms with van der Waals surface area (Å²) in [6.07, 6.45) is 0.810. The molecule has 0 bridgehead atoms. The zero-order chi connectivity index (χ0) is 17.2. The summed E-state index contributed by atoms with van der Waals surface area (Å²) in [6, 6.07) is 3.63. The van der Waals surface area contributed by atoms with Crippen molar-refractivity contribution in [2.45, 2.75) is 52.2 Å². The van der Waals surface area contributed by atoms with Gasteiger partial charge in [0.2, 0.25) is 5.91 Å². The van der Waals surface area contributed by atoms with Gasteiger partial charge < -0.3 is 10.1 Å². The van der Waals surface area contributed by atoms with Crippen LogP contribution in [0.1, 0.15) is 39.2 Å². The zero-order valence-corrected chi connectivity index (χ0v) is 14.0. The molecule has 6 heteroatoms. The summed E-state index contributed by atoms with van der Waals surface area (Å²) in [5.41, 5.74) is 0.576. The van der Waals surface area contributed by atoms with E-state index in [0.29, 0.717) is 18.7 Å². The summed E-state index contributed by atoms with van der Waals surface area (Å²) >= 11 is 0. The predicted octanol–water partition coefficient (Wildman–Crippen LogP) is 3.47. The van der Waals surface area contributed by atoms with Gasteiger partial charge in [0.25, 0.3) is 0 Å². The van der Waals surface area contributed by atoms with Crippen LogP contribution in [0.3, 0.4) is 0 Å². The van der Waals surface area contributed by atoms with Gasteiger partial charge in [0.1, 0.15) is 17.5 Å². The quantitative estimate of drug-likeness (QED) is 0.907. The van der Waals surface area contributed by atoms with E-state index in [1.807, 2.05) is 0 Å². The second-order valence-corrected chi connectivity index (χ2v) is 6.78. The van der Waals surface area contributed by atoms with Crippen LogP contribution in [0.4, 0.5) is 14.9 Å². The number of halogens is 1. The van der Waals surface area contributed by atoms with Crippen LogP contribution in [0, 0.1) is 12.7 Å². The Bertz CT molecular complexity index is 610. The third-order valence-electron chi connectivity index (χ3n) is 3.64. The van der Waals surface area contributed by atoms with Crippen molar-refractivity contribution in [3.05, 3.63) is 29.6 Å². The molecule has 1 saturated heterocycles. The van der Waals surface area contributed by atoms with Crippen molar-refractivity contribution >= 4 is 17.7 Å². The molecule has 1 aliphatic rings. The lowest BCUT2D eigenvalue weighted by Gasteiger charge is -2.28. The second-order valence-electron chi connectivity index (χ2n) is 6.78. The molecule has 1 heterocycles. The number of nitrogens with zero attached hydrogens (tertiary/aromatic N) is 1. The highest BCUT2D eigenvalue weighted by Crippen LogP contribution is 2.23. The number of aryl methyl sites for hydroxylation is 1. The van der Waals surface area contributed by atoms with Crippen LogP contribution in [0.2, 0.25) is 0 Å². The normalized spacial score (nSPS) is 18.0. The van der Waals surface area contributed by atoms with E-state index >= 15 is 0 Å². The van der Waals surface area contributed by atoms with Gasteiger partial charge in [-0.25, -0.2) is 9.18 Å². The van der Waals surface area contributed by atoms with Gasteiger partial charge >= 0.3 is 6.09 Å². The molecule has 0 saturated carbocycles. The predicted molar refractivity (Wildman–Crippen MR) is 85.7 cm³/mol. The maximum absolute atomic E-state index is 13.3. The number of anilines is 1. The van der Waals surface area contributed by atoms with E-state index in [9.17, 15) is 14.0 Å². The molecular formula is C17H23FN2O3. The van der Waals surface area contributed by atoms with Crippen LogP contribution < -0.4 is 5.32 Å². The molecule has 1 N–H and O–H groups in total. The molecule has 1 atom stereocenters. The topological polar surface area (TPSA) is 58.6 Å². The third kappa shape index (κ3) is 4.43. The first-order valence-corrected chi connectivity index (χ1v) is 7.74. The van der Waals surface area contributed by atoms with E-state index < -0.39 is 23.6 Å². The maximum Gasteiger partial charge on any atom is 0.410 e. The van der Waals surface area contributed by atoms with Crippen LogP contribution in [0.25, 0.3) is 0 Å². The summed E-state index contributed by atoms with van der Waals surface area (Å²) in [4.78, 5) is 26.1. The fraction of sp³-hybridized carbons (Fsp3) is 0.529. The van der Waals surface area contributed by atoms with E-state index in [2.05, 4.69) is 5.32 Å². The first-order chi connectivity index (χ1) is 10.7. The Morgan fingerprint density at radius 2 is 2.04 bits per heavy atom. The number of hydrogen-bond donors (Lipinski definition) is 1. The van der Waals surface area contributed by atoms with Gasteiger partial charge in [-0.2, -0.15) is 0 Å². The summed E-state index contributed by atoms with van der Waals surface area (Å²) in [7, 11) is 0. The average Bonchev–Trinajstić information content (AvgIpc) is 2.90. The van der Waals surface area contributed by atoms with Gasteiger partial charge in [0, 0.05) is 12.2 Å². The molecule has 0 radical (unpaired) electrons. The monoisotopic (exact) mass is 322 g/mol. The minimum absolute atomic E-state index is 0.318. The molecule has 1 fully saturated rings. The summed E-state index contributed by atoms with van der Waals surface area (Å²) < 4.78 is 18.7. The Hall–Kier alpha value is -2.11. The highest BCUT2D eigenvalue weighted by molar-refractivity contribution is 5.97. The maximum atomic E-state index is 13.3. The van der Waals surface area contributed by atoms with Crippen molar-refractivity contribution in [3.63, 3.8) is 0 Å². The summed E-state index contributed by atoms with van der Waals surface area (Å²) in [5.74, 6) is -0.733. The highest BCUT2D eigenvalue weighted by atomic mass is 19.1. The number of carbonyl (C=O) groups is 2. The zero-order valence-electron chi connectivity index (χ0n) is 14.0. The minimum Gasteiger partial charge on any atom is -0.444 e.